The summed E-state index contributed by atoms with van der Waals surface area (Å²) in [6.07, 6.45) is 5.76. The Hall–Kier alpha value is -5.12. The fourth-order valence-electron chi connectivity index (χ4n) is 11.6. The molecule has 4 aromatic carbocycles. The lowest BCUT2D eigenvalue weighted by atomic mass is 9.57. The van der Waals surface area contributed by atoms with Crippen LogP contribution in [-0.2, 0) is 32.3 Å². The number of fused-ring (bicyclic) bond motifs is 5. The second-order valence-corrected chi connectivity index (χ2v) is 17.3. The van der Waals surface area contributed by atoms with Crippen LogP contribution in [-0.4, -0.2) is 86.6 Å². The molecule has 4 saturated heterocycles. The molecule has 4 aromatic rings. The van der Waals surface area contributed by atoms with Crippen LogP contribution < -0.4 is 0 Å². The van der Waals surface area contributed by atoms with Crippen molar-refractivity contribution < 1.29 is 24.3 Å². The number of phenolic OH excluding ortho intramolecular Hbond substituents is 1. The smallest absolute Gasteiger partial charge is 0.234 e. The van der Waals surface area contributed by atoms with Crippen LogP contribution in [0.2, 0.25) is 0 Å². The molecule has 9 heteroatoms. The van der Waals surface area contributed by atoms with Gasteiger partial charge in [0.2, 0.25) is 23.6 Å². The van der Waals surface area contributed by atoms with Gasteiger partial charge in [-0.1, -0.05) is 109 Å². The normalized spacial score (nSPS) is 28.8. The van der Waals surface area contributed by atoms with Crippen molar-refractivity contribution in [3.8, 4) is 5.75 Å². The number of amides is 4. The molecule has 5 fully saturated rings. The van der Waals surface area contributed by atoms with Crippen molar-refractivity contribution in [3.05, 3.63) is 125 Å². The number of phenols is 1. The lowest BCUT2D eigenvalue weighted by Gasteiger charge is -2.44. The molecule has 9 nitrogen and oxygen atoms in total. The van der Waals surface area contributed by atoms with Gasteiger partial charge in [0.1, 0.15) is 5.75 Å². The Labute approximate surface area is 333 Å². The standard InChI is InChI=1S/C48H50N4O5/c53-44-35-14-8-7-13-32(35)15-16-37(44)41-36-17-18-38-42(47(56)51(45(38)54)33-19-23-49(24-20-33)28-30-9-3-1-4-10-30)39(36)27-40-43(41)48(57)52(46(40)55)34-21-25-50(26-22-34)29-31-11-5-2-6-12-31/h1-17,33-34,38-43,53H,18-29H2/t38-,39+,40+,41+,42-,43+/m0/s1. The summed E-state index contributed by atoms with van der Waals surface area (Å²) in [7, 11) is 0. The number of nitrogens with zero attached hydrogens (tertiary/aromatic N) is 4. The number of benzene rings is 4. The first-order chi connectivity index (χ1) is 27.9. The molecule has 57 heavy (non-hydrogen) atoms. The molecule has 4 heterocycles. The van der Waals surface area contributed by atoms with Gasteiger partial charge in [-0.15, -0.1) is 0 Å². The number of hydrogen-bond acceptors (Lipinski definition) is 7. The highest BCUT2D eigenvalue weighted by molar-refractivity contribution is 6.08. The Balaban J connectivity index is 0.938. The topological polar surface area (TPSA) is 101 Å². The van der Waals surface area contributed by atoms with Gasteiger partial charge in [-0.05, 0) is 61.0 Å². The summed E-state index contributed by atoms with van der Waals surface area (Å²) in [5.41, 5.74) is 4.06. The SMILES string of the molecule is O=C1[C@H]2[C@H](CC=C3[C@H]2C[C@H]2C(=O)N(C4CCN(Cc5ccccc5)CC4)C(=O)[C@H]2[C@H]3c2ccc3ccccc3c2O)C(=O)N1C1CCN(Cc2ccccc2)CC1. The fourth-order valence-corrected chi connectivity index (χ4v) is 11.6. The maximum absolute atomic E-state index is 14.8. The van der Waals surface area contributed by atoms with Gasteiger partial charge < -0.3 is 5.11 Å². The summed E-state index contributed by atoms with van der Waals surface area (Å²) in [6.45, 7) is 4.87. The predicted octanol–water partition coefficient (Wildman–Crippen LogP) is 6.51. The van der Waals surface area contributed by atoms with E-state index in [1.165, 1.54) is 11.1 Å². The lowest BCUT2D eigenvalue weighted by molar-refractivity contribution is -0.146. The summed E-state index contributed by atoms with van der Waals surface area (Å²) in [5.74, 6) is -3.72. The number of hydrogen-bond donors (Lipinski definition) is 1. The first kappa shape index (κ1) is 36.2. The lowest BCUT2D eigenvalue weighted by Crippen LogP contribution is -2.48. The molecular weight excluding hydrogens is 713 g/mol. The molecule has 0 aromatic heterocycles. The molecule has 0 spiro atoms. The molecule has 6 aliphatic rings. The number of imide groups is 2. The first-order valence-corrected chi connectivity index (χ1v) is 21.0. The Morgan fingerprint density at radius 1 is 0.544 bits per heavy atom. The Bertz CT molecular complexity index is 2240. The molecule has 4 amide bonds. The highest BCUT2D eigenvalue weighted by Gasteiger charge is 2.63. The largest absolute Gasteiger partial charge is 0.507 e. The van der Waals surface area contributed by atoms with Gasteiger partial charge in [0.25, 0.3) is 0 Å². The number of carbonyl (C=O) groups excluding carboxylic acids is 4. The van der Waals surface area contributed by atoms with Gasteiger partial charge >= 0.3 is 0 Å². The van der Waals surface area contributed by atoms with Crippen molar-refractivity contribution in [3.63, 3.8) is 0 Å². The van der Waals surface area contributed by atoms with Gasteiger partial charge in [0.05, 0.1) is 23.7 Å². The van der Waals surface area contributed by atoms with E-state index in [0.29, 0.717) is 36.6 Å². The van der Waals surface area contributed by atoms with Crippen molar-refractivity contribution in [2.45, 2.75) is 69.6 Å². The third-order valence-electron chi connectivity index (χ3n) is 14.3. The number of rotatable bonds is 7. The van der Waals surface area contributed by atoms with Crippen LogP contribution >= 0.6 is 0 Å². The zero-order chi connectivity index (χ0) is 38.8. The van der Waals surface area contributed by atoms with E-state index in [-0.39, 0.29) is 47.4 Å². The van der Waals surface area contributed by atoms with E-state index < -0.39 is 29.6 Å². The van der Waals surface area contributed by atoms with Gasteiger partial charge in [-0.3, -0.25) is 38.8 Å². The van der Waals surface area contributed by atoms with Crippen LogP contribution in [0.3, 0.4) is 0 Å². The van der Waals surface area contributed by atoms with Crippen LogP contribution in [0.25, 0.3) is 10.8 Å². The van der Waals surface area contributed by atoms with Gasteiger partial charge in [0, 0.05) is 68.2 Å². The van der Waals surface area contributed by atoms with E-state index in [4.69, 9.17) is 0 Å². The van der Waals surface area contributed by atoms with Crippen LogP contribution in [0.1, 0.15) is 61.1 Å². The molecule has 1 N–H and O–H groups in total. The van der Waals surface area contributed by atoms with E-state index in [2.05, 4.69) is 52.3 Å². The zero-order valence-electron chi connectivity index (χ0n) is 32.3. The first-order valence-electron chi connectivity index (χ1n) is 21.0. The summed E-state index contributed by atoms with van der Waals surface area (Å²) >= 11 is 0. The summed E-state index contributed by atoms with van der Waals surface area (Å²) in [4.78, 5) is 66.5. The van der Waals surface area contributed by atoms with Crippen molar-refractivity contribution in [2.75, 3.05) is 26.2 Å². The molecule has 0 bridgehead atoms. The number of allylic oxidation sites excluding steroid dienone is 2. The molecule has 10 rings (SSSR count). The monoisotopic (exact) mass is 762 g/mol. The van der Waals surface area contributed by atoms with E-state index in [1.54, 1.807) is 9.80 Å². The van der Waals surface area contributed by atoms with Gasteiger partial charge in [-0.25, -0.2) is 0 Å². The van der Waals surface area contributed by atoms with Crippen LogP contribution in [0.15, 0.2) is 109 Å². The maximum atomic E-state index is 14.8. The number of likely N-dealkylation sites (tertiary alicyclic amines) is 4. The molecule has 1 saturated carbocycles. The molecule has 292 valence electrons. The second-order valence-electron chi connectivity index (χ2n) is 17.3. The minimum Gasteiger partial charge on any atom is -0.507 e. The second kappa shape index (κ2) is 14.7. The predicted molar refractivity (Wildman–Crippen MR) is 216 cm³/mol. The van der Waals surface area contributed by atoms with E-state index >= 15 is 0 Å². The molecule has 2 aliphatic carbocycles. The maximum Gasteiger partial charge on any atom is 0.234 e. The van der Waals surface area contributed by atoms with E-state index in [0.717, 1.165) is 63.1 Å². The highest BCUT2D eigenvalue weighted by atomic mass is 16.3. The summed E-state index contributed by atoms with van der Waals surface area (Å²) in [5, 5.41) is 13.5. The third kappa shape index (κ3) is 6.21. The molecule has 4 aliphatic heterocycles. The molecular formula is C48H50N4O5. The third-order valence-corrected chi connectivity index (χ3v) is 14.3. The summed E-state index contributed by atoms with van der Waals surface area (Å²) in [6, 6.07) is 32.0. The Morgan fingerprint density at radius 2 is 1.07 bits per heavy atom. The van der Waals surface area contributed by atoms with Crippen LogP contribution in [0.4, 0.5) is 0 Å². The van der Waals surface area contributed by atoms with E-state index in [9.17, 15) is 24.3 Å². The zero-order valence-corrected chi connectivity index (χ0v) is 32.3. The quantitative estimate of drug-likeness (QED) is 0.169. The minimum absolute atomic E-state index is 0.0910. The minimum atomic E-state index is -0.678. The van der Waals surface area contributed by atoms with Gasteiger partial charge in [0.15, 0.2) is 0 Å². The number of aromatic hydroxyl groups is 1. The van der Waals surface area contributed by atoms with Crippen molar-refractivity contribution in [2.24, 2.45) is 29.6 Å². The number of carbonyl (C=O) groups is 4. The highest BCUT2D eigenvalue weighted by Crippen LogP contribution is 2.60. The van der Waals surface area contributed by atoms with Crippen molar-refractivity contribution in [1.29, 1.82) is 0 Å². The number of piperidine rings is 2. The molecule has 0 unspecified atom stereocenters. The van der Waals surface area contributed by atoms with Gasteiger partial charge in [-0.2, -0.15) is 0 Å². The average molecular weight is 763 g/mol. The van der Waals surface area contributed by atoms with Crippen molar-refractivity contribution >= 4 is 34.4 Å². The van der Waals surface area contributed by atoms with Crippen molar-refractivity contribution in [1.82, 2.24) is 19.6 Å². The van der Waals surface area contributed by atoms with Crippen LogP contribution in [0.5, 0.6) is 5.75 Å². The van der Waals surface area contributed by atoms with Crippen LogP contribution in [0, 0.1) is 29.6 Å². The Kier molecular flexibility index (Phi) is 9.33. The molecule has 0 radical (unpaired) electrons. The average Bonchev–Trinajstić information content (AvgIpc) is 3.65. The molecule has 6 atom stereocenters. The van der Waals surface area contributed by atoms with E-state index in [1.807, 2.05) is 60.7 Å². The fraction of sp³-hybridized carbons (Fsp3) is 0.417. The Morgan fingerprint density at radius 3 is 1.67 bits per heavy atom. The summed E-state index contributed by atoms with van der Waals surface area (Å²) < 4.78 is 0.